The van der Waals surface area contributed by atoms with E-state index in [2.05, 4.69) is 19.9 Å². The Bertz CT molecular complexity index is 3480. The van der Waals surface area contributed by atoms with E-state index in [0.717, 1.165) is 17.8 Å². The van der Waals surface area contributed by atoms with Gasteiger partial charge in [-0.1, -0.05) is 25.0 Å². The molecular formula is C54H67N6Na3O17S4. The van der Waals surface area contributed by atoms with E-state index in [-0.39, 0.29) is 138 Å². The number of ether oxygens (including phenoxy) is 4. The summed E-state index contributed by atoms with van der Waals surface area (Å²) in [6, 6.07) is 13.3. The third-order valence-electron chi connectivity index (χ3n) is 14.0. The molecule has 1 aliphatic carbocycles. The number of carbonyl (C=O) groups is 1. The van der Waals surface area contributed by atoms with Crippen LogP contribution in [0.1, 0.15) is 96.6 Å². The van der Waals surface area contributed by atoms with Crippen molar-refractivity contribution in [1.82, 2.24) is 5.32 Å². The van der Waals surface area contributed by atoms with E-state index in [9.17, 15) is 56.7 Å². The van der Waals surface area contributed by atoms with Crippen LogP contribution in [0.3, 0.4) is 0 Å². The third-order valence-corrected chi connectivity index (χ3v) is 17.3. The molecule has 0 saturated heterocycles. The van der Waals surface area contributed by atoms with Crippen LogP contribution < -0.4 is 104 Å². The van der Waals surface area contributed by atoms with Crippen molar-refractivity contribution in [2.24, 2.45) is 5.11 Å². The molecule has 6 rings (SSSR count). The Morgan fingerprint density at radius 2 is 1.30 bits per heavy atom. The van der Waals surface area contributed by atoms with E-state index in [4.69, 9.17) is 24.5 Å². The van der Waals surface area contributed by atoms with Crippen LogP contribution in [0.5, 0.6) is 5.75 Å². The average molecular weight is 1270 g/mol. The third kappa shape index (κ3) is 21.5. The predicted molar refractivity (Wildman–Crippen MR) is 295 cm³/mol. The summed E-state index contributed by atoms with van der Waals surface area (Å²) >= 11 is 0. The van der Waals surface area contributed by atoms with Crippen molar-refractivity contribution in [2.75, 3.05) is 76.5 Å². The molecule has 0 spiro atoms. The van der Waals surface area contributed by atoms with Crippen LogP contribution in [0, 0.1) is 0 Å². The second kappa shape index (κ2) is 33.7. The van der Waals surface area contributed by atoms with Crippen LogP contribution in [-0.2, 0) is 70.3 Å². The number of amides is 1. The molecule has 23 nitrogen and oxygen atoms in total. The number of rotatable bonds is 31. The summed E-state index contributed by atoms with van der Waals surface area (Å²) in [5, 5.41) is 6.24. The summed E-state index contributed by atoms with van der Waals surface area (Å²) in [7, 11) is -19.0. The molecule has 3 aromatic carbocycles. The molecule has 2 heterocycles. The smallest absolute Gasteiger partial charge is 0.748 e. The maximum Gasteiger partial charge on any atom is 1.00 e. The van der Waals surface area contributed by atoms with Crippen LogP contribution >= 0.6 is 0 Å². The zero-order valence-electron chi connectivity index (χ0n) is 48.5. The van der Waals surface area contributed by atoms with E-state index in [0.29, 0.717) is 136 Å². The summed E-state index contributed by atoms with van der Waals surface area (Å²) < 4.78 is 169. The molecule has 0 atom stereocenters. The van der Waals surface area contributed by atoms with Crippen molar-refractivity contribution in [3.8, 4) is 5.75 Å². The van der Waals surface area contributed by atoms with Gasteiger partial charge < -0.3 is 47.4 Å². The number of allylic oxidation sites excluding steroid dienone is 7. The number of hydrogen-bond acceptors (Lipinski definition) is 19. The maximum atomic E-state index is 12.7. The van der Waals surface area contributed by atoms with Crippen molar-refractivity contribution < 1.29 is 169 Å². The summed E-state index contributed by atoms with van der Waals surface area (Å²) in [6.45, 7) is 10.8. The van der Waals surface area contributed by atoms with Crippen molar-refractivity contribution >= 4 is 63.5 Å². The monoisotopic (exact) mass is 1270 g/mol. The topological polar surface area (TPSA) is 350 Å². The first-order valence-corrected chi connectivity index (χ1v) is 32.1. The van der Waals surface area contributed by atoms with Gasteiger partial charge in [-0.3, -0.25) is 4.79 Å². The van der Waals surface area contributed by atoms with Gasteiger partial charge in [0.1, 0.15) is 48.4 Å². The van der Waals surface area contributed by atoms with Gasteiger partial charge in [0.2, 0.25) is 11.6 Å². The van der Waals surface area contributed by atoms with E-state index in [1.165, 1.54) is 42.5 Å². The van der Waals surface area contributed by atoms with Crippen molar-refractivity contribution in [2.45, 2.75) is 111 Å². The molecule has 3 aromatic rings. The second-order valence-corrected chi connectivity index (χ2v) is 26.1. The predicted octanol–water partition coefficient (Wildman–Crippen LogP) is -2.17. The Kier molecular flexibility index (Phi) is 30.2. The molecule has 30 heteroatoms. The van der Waals surface area contributed by atoms with Gasteiger partial charge in [-0.05, 0) is 148 Å². The standard InChI is InChI=1S/C54H70N6O17S4.3Na/c1-53(2)45-37-43(80(68,69)70)20-22-47(45)59(28-7-5-6-13-51(61)56-26-30-74-32-34-76-35-33-75-31-27-57-58-55)49(53)24-14-39-11-10-12-40(52(39)77-41-16-18-42(19-17-41)79(65,66)67)15-25-50-54(3,4)46-38-44(81(71,72)73)21-23-48(46)60(50)29-8-9-36-78(62,63)64;;;/h14-25,37-38H,5-13,26-36H2,1-4H3,(H4-,56,61,62,63,64,65,66,67,68,69,70,71,72,73);;;/q;3*+1/p-3. The minimum absolute atomic E-state index is 0. The number of nitrogens with zero attached hydrogens (tertiary/aromatic N) is 5. The van der Waals surface area contributed by atoms with Gasteiger partial charge >= 0.3 is 88.7 Å². The fraction of sp³-hybridized carbons (Fsp3) is 0.481. The molecule has 2 aliphatic heterocycles. The minimum Gasteiger partial charge on any atom is -0.748 e. The summed E-state index contributed by atoms with van der Waals surface area (Å²) in [4.78, 5) is 16.0. The molecule has 1 N–H and O–H groups in total. The van der Waals surface area contributed by atoms with Gasteiger partial charge in [0.15, 0.2) is 5.71 Å². The van der Waals surface area contributed by atoms with E-state index in [1.807, 2.05) is 56.9 Å². The van der Waals surface area contributed by atoms with E-state index >= 15 is 0 Å². The van der Waals surface area contributed by atoms with Crippen LogP contribution in [0.2, 0.25) is 0 Å². The van der Waals surface area contributed by atoms with Crippen molar-refractivity contribution in [1.29, 1.82) is 0 Å². The Labute approximate surface area is 559 Å². The van der Waals surface area contributed by atoms with Gasteiger partial charge in [-0.15, -0.1) is 0 Å². The first-order chi connectivity index (χ1) is 38.1. The first-order valence-electron chi connectivity index (χ1n) is 26.3. The number of unbranched alkanes of at least 4 members (excludes halogenated alkanes) is 3. The molecule has 1 amide bonds. The zero-order chi connectivity index (χ0) is 59.2. The number of hydrogen-bond donors (Lipinski definition) is 1. The molecule has 3 aliphatic rings. The molecular weight excluding hydrogens is 1200 g/mol. The molecule has 0 aromatic heterocycles. The number of nitrogens with one attached hydrogen (secondary N) is 1. The number of fused-ring (bicyclic) bond motifs is 2. The van der Waals surface area contributed by atoms with Gasteiger partial charge in [-0.2, -0.15) is 4.58 Å². The van der Waals surface area contributed by atoms with E-state index < -0.39 is 66.8 Å². The summed E-state index contributed by atoms with van der Waals surface area (Å²) in [5.41, 5.74) is 11.7. The fourth-order valence-corrected chi connectivity index (χ4v) is 11.9. The Morgan fingerprint density at radius 1 is 0.702 bits per heavy atom. The zero-order valence-corrected chi connectivity index (χ0v) is 57.8. The van der Waals surface area contributed by atoms with Gasteiger partial charge in [0, 0.05) is 77.6 Å². The van der Waals surface area contributed by atoms with E-state index in [1.54, 1.807) is 6.07 Å². The van der Waals surface area contributed by atoms with Gasteiger partial charge in [-0.25, -0.2) is 33.7 Å². The molecule has 0 unspecified atom stereocenters. The number of benzene rings is 3. The SMILES string of the molecule is CC1(C)C(/C=C/C2=C(Oc3ccc(S(=O)(=O)[O-])cc3)C(=C/C=C3\N(CCCCS(=O)(=O)[O-])c4ccc(S(=O)(=O)[O-])cc4C3(C)C)/CCC2)=[N+](CCCCCC(=O)NCCOCCOCCOCCN=[N+]=[N-])c2ccc(S(=O)(=O)[O-])cc21.[Na+].[Na+].[Na+]. The van der Waals surface area contributed by atoms with Gasteiger partial charge in [0.25, 0.3) is 0 Å². The van der Waals surface area contributed by atoms with Crippen molar-refractivity contribution in [3.05, 3.63) is 129 Å². The number of carbonyl (C=O) groups excluding carboxylic acids is 1. The number of azide groups is 1. The van der Waals surface area contributed by atoms with Crippen LogP contribution in [0.25, 0.3) is 10.4 Å². The molecule has 0 radical (unpaired) electrons. The molecule has 0 bridgehead atoms. The first kappa shape index (κ1) is 75.4. The summed E-state index contributed by atoms with van der Waals surface area (Å²) in [5.74, 6) is -0.119. The Morgan fingerprint density at radius 3 is 1.92 bits per heavy atom. The maximum absolute atomic E-state index is 12.7. The quantitative estimate of drug-likeness (QED) is 0.0136. The number of anilines is 1. The average Bonchev–Trinajstić information content (AvgIpc) is 2.19. The molecule has 0 fully saturated rings. The second-order valence-electron chi connectivity index (χ2n) is 20.4. The van der Waals surface area contributed by atoms with Crippen LogP contribution in [0.15, 0.2) is 127 Å². The largest absolute Gasteiger partial charge is 1.00 e. The fourth-order valence-electron chi connectivity index (χ4n) is 9.93. The Balaban J connectivity index is 0.00000616. The molecule has 442 valence electrons. The van der Waals surface area contributed by atoms with Gasteiger partial charge in [0.05, 0.1) is 69.9 Å². The van der Waals surface area contributed by atoms with Crippen LogP contribution in [0.4, 0.5) is 11.4 Å². The Hall–Kier alpha value is -2.81. The molecule has 0 saturated carbocycles. The normalized spacial score (nSPS) is 16.6. The van der Waals surface area contributed by atoms with Crippen molar-refractivity contribution in [3.63, 3.8) is 0 Å². The summed E-state index contributed by atoms with van der Waals surface area (Å²) in [6.07, 6.45) is 11.5. The van der Waals surface area contributed by atoms with Crippen LogP contribution in [-0.4, -0.2) is 140 Å². The minimum atomic E-state index is -4.85. The molecule has 84 heavy (non-hydrogen) atoms.